The molecule has 0 radical (unpaired) electrons. The number of hydrogen-bond acceptors (Lipinski definition) is 6. The van der Waals surface area contributed by atoms with Crippen LogP contribution in [0.25, 0.3) is 0 Å². The van der Waals surface area contributed by atoms with Gasteiger partial charge in [-0.05, 0) is 38.5 Å². The maximum Gasteiger partial charge on any atom is 0.338 e. The highest BCUT2D eigenvalue weighted by atomic mass is 16.5. The van der Waals surface area contributed by atoms with E-state index in [1.165, 1.54) is 19.2 Å². The number of benzene rings is 1. The maximum atomic E-state index is 12.0. The summed E-state index contributed by atoms with van der Waals surface area (Å²) in [5.41, 5.74) is 0.206. The average Bonchev–Trinajstić information content (AvgIpc) is 2.59. The van der Waals surface area contributed by atoms with E-state index in [1.807, 2.05) is 20.8 Å². The molecule has 25 heavy (non-hydrogen) atoms. The van der Waals surface area contributed by atoms with Gasteiger partial charge in [-0.15, -0.1) is 0 Å². The van der Waals surface area contributed by atoms with E-state index in [0.29, 0.717) is 18.1 Å². The molecule has 138 valence electrons. The topological polar surface area (TPSA) is 103 Å². The third-order valence-corrected chi connectivity index (χ3v) is 3.28. The summed E-state index contributed by atoms with van der Waals surface area (Å²) < 4.78 is 15.4. The molecule has 0 fully saturated rings. The summed E-state index contributed by atoms with van der Waals surface area (Å²) in [5.74, 6) is -0.541. The van der Waals surface area contributed by atoms with E-state index < -0.39 is 24.5 Å². The predicted octanol–water partition coefficient (Wildman–Crippen LogP) is 1.87. The van der Waals surface area contributed by atoms with E-state index in [1.54, 1.807) is 6.07 Å². The number of ether oxygens (including phenoxy) is 3. The molecule has 0 unspecified atom stereocenters. The molecule has 2 N–H and O–H groups in total. The number of hydrogen-bond donors (Lipinski definition) is 2. The number of esters is 1. The standard InChI is InChI=1S/C17H24N2O6/c1-5-11(3)18-17(22)19-15(20)10-25-16(21)12-7-8-13(24-6-2)14(9-12)23-4/h7-9,11H,5-6,10H2,1-4H3,(H2,18,19,20,22)/t11-/m1/s1. The first-order chi connectivity index (χ1) is 11.9. The molecule has 0 heterocycles. The van der Waals surface area contributed by atoms with Gasteiger partial charge in [0.05, 0.1) is 19.3 Å². The van der Waals surface area contributed by atoms with Crippen molar-refractivity contribution in [3.05, 3.63) is 23.8 Å². The van der Waals surface area contributed by atoms with Gasteiger partial charge < -0.3 is 19.5 Å². The quantitative estimate of drug-likeness (QED) is 0.693. The van der Waals surface area contributed by atoms with Gasteiger partial charge >= 0.3 is 12.0 Å². The highest BCUT2D eigenvalue weighted by Crippen LogP contribution is 2.28. The zero-order chi connectivity index (χ0) is 18.8. The lowest BCUT2D eigenvalue weighted by Crippen LogP contribution is -2.44. The first-order valence-corrected chi connectivity index (χ1v) is 7.99. The Morgan fingerprint density at radius 2 is 1.88 bits per heavy atom. The highest BCUT2D eigenvalue weighted by Gasteiger charge is 2.15. The molecule has 1 rings (SSSR count). The van der Waals surface area contributed by atoms with Crippen molar-refractivity contribution in [1.82, 2.24) is 10.6 Å². The molecule has 0 aliphatic heterocycles. The molecule has 1 aromatic carbocycles. The van der Waals surface area contributed by atoms with Crippen LogP contribution in [0, 0.1) is 0 Å². The van der Waals surface area contributed by atoms with Gasteiger partial charge in [-0.2, -0.15) is 0 Å². The van der Waals surface area contributed by atoms with Crippen LogP contribution in [-0.4, -0.2) is 44.3 Å². The van der Waals surface area contributed by atoms with Gasteiger partial charge in [-0.3, -0.25) is 10.1 Å². The molecule has 1 atom stereocenters. The second-order valence-corrected chi connectivity index (χ2v) is 5.21. The molecule has 0 saturated carbocycles. The van der Waals surface area contributed by atoms with Crippen molar-refractivity contribution in [2.24, 2.45) is 0 Å². The SMILES string of the molecule is CCOc1ccc(C(=O)OCC(=O)NC(=O)N[C@H](C)CC)cc1OC. The minimum atomic E-state index is -0.716. The number of rotatable bonds is 8. The minimum absolute atomic E-state index is 0.0633. The monoisotopic (exact) mass is 352 g/mol. The number of carbonyl (C=O) groups is 3. The van der Waals surface area contributed by atoms with Crippen LogP contribution in [0.3, 0.4) is 0 Å². The van der Waals surface area contributed by atoms with E-state index in [0.717, 1.165) is 6.42 Å². The molecule has 3 amide bonds. The van der Waals surface area contributed by atoms with Gasteiger partial charge in [0.25, 0.3) is 5.91 Å². The smallest absolute Gasteiger partial charge is 0.338 e. The third-order valence-electron chi connectivity index (χ3n) is 3.28. The van der Waals surface area contributed by atoms with Crippen LogP contribution in [-0.2, 0) is 9.53 Å². The molecule has 0 saturated heterocycles. The van der Waals surface area contributed by atoms with Crippen LogP contribution in [0.2, 0.25) is 0 Å². The van der Waals surface area contributed by atoms with Crippen LogP contribution in [0.4, 0.5) is 4.79 Å². The number of imide groups is 1. The Bertz CT molecular complexity index is 617. The number of methoxy groups -OCH3 is 1. The van der Waals surface area contributed by atoms with Crippen molar-refractivity contribution in [3.8, 4) is 11.5 Å². The van der Waals surface area contributed by atoms with Gasteiger partial charge in [0.15, 0.2) is 18.1 Å². The number of carbonyl (C=O) groups excluding carboxylic acids is 3. The van der Waals surface area contributed by atoms with Crippen molar-refractivity contribution in [3.63, 3.8) is 0 Å². The summed E-state index contributed by atoms with van der Waals surface area (Å²) >= 11 is 0. The Kier molecular flexibility index (Phi) is 8.25. The van der Waals surface area contributed by atoms with Crippen molar-refractivity contribution >= 4 is 17.9 Å². The normalized spacial score (nSPS) is 11.2. The molecular weight excluding hydrogens is 328 g/mol. The van der Waals surface area contributed by atoms with Crippen LogP contribution < -0.4 is 20.1 Å². The summed E-state index contributed by atoms with van der Waals surface area (Å²) in [6, 6.07) is 3.85. The maximum absolute atomic E-state index is 12.0. The fraction of sp³-hybridized carbons (Fsp3) is 0.471. The van der Waals surface area contributed by atoms with Gasteiger partial charge in [0.2, 0.25) is 0 Å². The number of amides is 3. The van der Waals surface area contributed by atoms with Crippen molar-refractivity contribution < 1.29 is 28.6 Å². The molecule has 0 aliphatic rings. The predicted molar refractivity (Wildman–Crippen MR) is 90.9 cm³/mol. The number of urea groups is 1. The Labute approximate surface area is 146 Å². The first kappa shape index (κ1) is 20.3. The lowest BCUT2D eigenvalue weighted by atomic mass is 10.2. The second-order valence-electron chi connectivity index (χ2n) is 5.21. The Morgan fingerprint density at radius 1 is 1.16 bits per heavy atom. The van der Waals surface area contributed by atoms with Crippen molar-refractivity contribution in [1.29, 1.82) is 0 Å². The molecule has 8 nitrogen and oxygen atoms in total. The molecule has 0 aromatic heterocycles. The van der Waals surface area contributed by atoms with Crippen LogP contribution in [0.5, 0.6) is 11.5 Å². The summed E-state index contributed by atoms with van der Waals surface area (Å²) in [7, 11) is 1.45. The minimum Gasteiger partial charge on any atom is -0.493 e. The van der Waals surface area contributed by atoms with E-state index in [9.17, 15) is 14.4 Å². The highest BCUT2D eigenvalue weighted by molar-refractivity contribution is 5.97. The fourth-order valence-corrected chi connectivity index (χ4v) is 1.81. The zero-order valence-electron chi connectivity index (χ0n) is 14.9. The molecule has 0 aliphatic carbocycles. The third kappa shape index (κ3) is 6.70. The van der Waals surface area contributed by atoms with Gasteiger partial charge in [-0.25, -0.2) is 9.59 Å². The van der Waals surface area contributed by atoms with Crippen LogP contribution in [0.1, 0.15) is 37.6 Å². The Morgan fingerprint density at radius 3 is 2.48 bits per heavy atom. The summed E-state index contributed by atoms with van der Waals surface area (Å²) in [4.78, 5) is 35.1. The van der Waals surface area contributed by atoms with Crippen molar-refractivity contribution in [2.75, 3.05) is 20.3 Å². The molecule has 0 spiro atoms. The van der Waals surface area contributed by atoms with Crippen molar-refractivity contribution in [2.45, 2.75) is 33.2 Å². The van der Waals surface area contributed by atoms with E-state index in [2.05, 4.69) is 10.6 Å². The zero-order valence-corrected chi connectivity index (χ0v) is 14.9. The summed E-state index contributed by atoms with van der Waals surface area (Å²) in [6.07, 6.45) is 0.732. The molecular formula is C17H24N2O6. The van der Waals surface area contributed by atoms with Gasteiger partial charge in [0.1, 0.15) is 0 Å². The van der Waals surface area contributed by atoms with Crippen LogP contribution >= 0.6 is 0 Å². The summed E-state index contributed by atoms with van der Waals surface area (Å²) in [6.45, 7) is 5.43. The first-order valence-electron chi connectivity index (χ1n) is 7.99. The van der Waals surface area contributed by atoms with Gasteiger partial charge in [-0.1, -0.05) is 6.92 Å². The largest absolute Gasteiger partial charge is 0.493 e. The molecule has 1 aromatic rings. The second kappa shape index (κ2) is 10.2. The Balaban J connectivity index is 2.56. The fourth-order valence-electron chi connectivity index (χ4n) is 1.81. The number of nitrogens with one attached hydrogen (secondary N) is 2. The van der Waals surface area contributed by atoms with E-state index in [-0.39, 0.29) is 11.6 Å². The lowest BCUT2D eigenvalue weighted by Gasteiger charge is -2.12. The van der Waals surface area contributed by atoms with E-state index in [4.69, 9.17) is 14.2 Å². The molecule has 8 heteroatoms. The Hall–Kier alpha value is -2.77. The van der Waals surface area contributed by atoms with E-state index >= 15 is 0 Å². The molecule has 0 bridgehead atoms. The average molecular weight is 352 g/mol. The lowest BCUT2D eigenvalue weighted by molar-refractivity contribution is -0.123. The van der Waals surface area contributed by atoms with Crippen LogP contribution in [0.15, 0.2) is 18.2 Å². The van der Waals surface area contributed by atoms with Gasteiger partial charge in [0, 0.05) is 6.04 Å². The summed E-state index contributed by atoms with van der Waals surface area (Å²) in [5, 5.41) is 4.66.